The van der Waals surface area contributed by atoms with Gasteiger partial charge in [-0.05, 0) is 31.4 Å². The molecule has 8 heteroatoms. The Kier molecular flexibility index (Phi) is 9.98. The molecule has 0 aromatic heterocycles. The molecule has 144 valence electrons. The normalized spacial score (nSPS) is 15.6. The quantitative estimate of drug-likeness (QED) is 0.278. The molecular formula is C18H27IN4O2S. The first-order chi connectivity index (χ1) is 12.1. The van der Waals surface area contributed by atoms with Gasteiger partial charge in [0.25, 0.3) is 0 Å². The Balaban J connectivity index is 0.00000338. The summed E-state index contributed by atoms with van der Waals surface area (Å²) < 4.78 is 27.5. The Morgan fingerprint density at radius 1 is 1.23 bits per heavy atom. The predicted octanol–water partition coefficient (Wildman–Crippen LogP) is 2.17. The molecule has 6 nitrogen and oxygen atoms in total. The molecular weight excluding hydrogens is 463 g/mol. The van der Waals surface area contributed by atoms with E-state index in [1.165, 1.54) is 0 Å². The van der Waals surface area contributed by atoms with Crippen molar-refractivity contribution in [3.05, 3.63) is 29.8 Å². The third-order valence-corrected chi connectivity index (χ3v) is 6.01. The first-order valence-corrected chi connectivity index (χ1v) is 10.1. The van der Waals surface area contributed by atoms with Crippen LogP contribution in [0, 0.1) is 12.3 Å². The van der Waals surface area contributed by atoms with Crippen molar-refractivity contribution in [2.75, 3.05) is 26.2 Å². The maximum absolute atomic E-state index is 13.0. The lowest BCUT2D eigenvalue weighted by Gasteiger charge is -2.26. The van der Waals surface area contributed by atoms with E-state index < -0.39 is 10.0 Å². The van der Waals surface area contributed by atoms with Crippen molar-refractivity contribution in [2.45, 2.75) is 37.6 Å². The number of rotatable bonds is 6. The maximum Gasteiger partial charge on any atom is 0.243 e. The number of hydrogen-bond acceptors (Lipinski definition) is 3. The first-order valence-electron chi connectivity index (χ1n) is 8.63. The minimum absolute atomic E-state index is 0. The monoisotopic (exact) mass is 490 g/mol. The topological polar surface area (TPSA) is 73.8 Å². The lowest BCUT2D eigenvalue weighted by molar-refractivity contribution is 0.346. The van der Waals surface area contributed by atoms with Crippen LogP contribution in [0.15, 0.2) is 34.2 Å². The van der Waals surface area contributed by atoms with Crippen molar-refractivity contribution in [2.24, 2.45) is 4.99 Å². The van der Waals surface area contributed by atoms with Crippen molar-refractivity contribution < 1.29 is 8.42 Å². The summed E-state index contributed by atoms with van der Waals surface area (Å²) in [5, 5.41) is 6.10. The molecule has 26 heavy (non-hydrogen) atoms. The Hall–Kier alpha value is -1.31. The molecule has 1 heterocycles. The van der Waals surface area contributed by atoms with Gasteiger partial charge in [0.1, 0.15) is 0 Å². The fourth-order valence-corrected chi connectivity index (χ4v) is 4.50. The third-order valence-electron chi connectivity index (χ3n) is 4.02. The van der Waals surface area contributed by atoms with E-state index in [0.29, 0.717) is 42.6 Å². The van der Waals surface area contributed by atoms with Gasteiger partial charge in [0.2, 0.25) is 10.0 Å². The second-order valence-corrected chi connectivity index (χ2v) is 7.73. The van der Waals surface area contributed by atoms with Gasteiger partial charge in [-0.3, -0.25) is 0 Å². The summed E-state index contributed by atoms with van der Waals surface area (Å²) in [6, 6.07) is 7.06. The van der Waals surface area contributed by atoms with Gasteiger partial charge in [0.05, 0.1) is 18.0 Å². The molecule has 0 atom stereocenters. The van der Waals surface area contributed by atoms with Gasteiger partial charge in [-0.25, -0.2) is 13.4 Å². The van der Waals surface area contributed by atoms with E-state index in [9.17, 15) is 8.42 Å². The molecule has 1 aliphatic rings. The summed E-state index contributed by atoms with van der Waals surface area (Å²) in [6.07, 6.45) is 8.19. The van der Waals surface area contributed by atoms with E-state index in [4.69, 9.17) is 6.42 Å². The molecule has 1 aromatic carbocycles. The van der Waals surface area contributed by atoms with Gasteiger partial charge >= 0.3 is 0 Å². The summed E-state index contributed by atoms with van der Waals surface area (Å²) in [7, 11) is -3.48. The Morgan fingerprint density at radius 2 is 1.92 bits per heavy atom. The molecule has 0 spiro atoms. The van der Waals surface area contributed by atoms with Crippen LogP contribution < -0.4 is 10.6 Å². The van der Waals surface area contributed by atoms with E-state index in [-0.39, 0.29) is 30.5 Å². The Bertz CT molecular complexity index is 738. The second-order valence-electron chi connectivity index (χ2n) is 5.83. The minimum atomic E-state index is -3.48. The van der Waals surface area contributed by atoms with E-state index in [2.05, 4.69) is 21.5 Å². The van der Waals surface area contributed by atoms with Crippen molar-refractivity contribution >= 4 is 40.0 Å². The first kappa shape index (κ1) is 22.7. The maximum atomic E-state index is 13.0. The van der Waals surface area contributed by atoms with Gasteiger partial charge in [0.15, 0.2) is 5.96 Å². The SMILES string of the molecule is C#CCNC(=NCc1ccccc1S(=O)(=O)N1CCCCC1)NCC.I. The van der Waals surface area contributed by atoms with Crippen molar-refractivity contribution in [3.63, 3.8) is 0 Å². The van der Waals surface area contributed by atoms with Crippen molar-refractivity contribution in [3.8, 4) is 12.3 Å². The van der Waals surface area contributed by atoms with Gasteiger partial charge in [-0.2, -0.15) is 4.31 Å². The van der Waals surface area contributed by atoms with Crippen LogP contribution in [0.3, 0.4) is 0 Å². The predicted molar refractivity (Wildman–Crippen MR) is 116 cm³/mol. The molecule has 1 saturated heterocycles. The molecule has 0 aliphatic carbocycles. The number of nitrogens with zero attached hydrogens (tertiary/aromatic N) is 2. The van der Waals surface area contributed by atoms with Crippen molar-refractivity contribution in [1.82, 2.24) is 14.9 Å². The van der Waals surface area contributed by atoms with E-state index in [0.717, 1.165) is 19.3 Å². The molecule has 0 saturated carbocycles. The second kappa shape index (κ2) is 11.4. The molecule has 0 bridgehead atoms. The molecule has 2 N–H and O–H groups in total. The van der Waals surface area contributed by atoms with Crippen LogP contribution in [-0.2, 0) is 16.6 Å². The highest BCUT2D eigenvalue weighted by molar-refractivity contribution is 14.0. The zero-order valence-electron chi connectivity index (χ0n) is 15.1. The number of terminal acetylenes is 1. The molecule has 1 aliphatic heterocycles. The van der Waals surface area contributed by atoms with Crippen LogP contribution >= 0.6 is 24.0 Å². The number of guanidine groups is 1. The fraction of sp³-hybridized carbons (Fsp3) is 0.500. The van der Waals surface area contributed by atoms with Gasteiger partial charge in [-0.15, -0.1) is 30.4 Å². The lowest BCUT2D eigenvalue weighted by atomic mass is 10.2. The fourth-order valence-electron chi connectivity index (χ4n) is 2.77. The number of piperidine rings is 1. The smallest absolute Gasteiger partial charge is 0.243 e. The summed E-state index contributed by atoms with van der Waals surface area (Å²) in [4.78, 5) is 4.80. The van der Waals surface area contributed by atoms with Gasteiger partial charge < -0.3 is 10.6 Å². The van der Waals surface area contributed by atoms with E-state index in [1.807, 2.05) is 19.1 Å². The van der Waals surface area contributed by atoms with Gasteiger partial charge in [0, 0.05) is 19.6 Å². The zero-order valence-corrected chi connectivity index (χ0v) is 18.2. The summed E-state index contributed by atoms with van der Waals surface area (Å²) in [6.45, 7) is 4.47. The van der Waals surface area contributed by atoms with Crippen LogP contribution in [-0.4, -0.2) is 44.9 Å². The summed E-state index contributed by atoms with van der Waals surface area (Å²) in [5.41, 5.74) is 0.686. The highest BCUT2D eigenvalue weighted by Crippen LogP contribution is 2.24. The van der Waals surface area contributed by atoms with Crippen LogP contribution in [0.1, 0.15) is 31.7 Å². The Morgan fingerprint density at radius 3 is 2.58 bits per heavy atom. The van der Waals surface area contributed by atoms with Crippen LogP contribution in [0.2, 0.25) is 0 Å². The molecule has 0 unspecified atom stereocenters. The highest BCUT2D eigenvalue weighted by atomic mass is 127. The number of sulfonamides is 1. The van der Waals surface area contributed by atoms with E-state index >= 15 is 0 Å². The lowest BCUT2D eigenvalue weighted by Crippen LogP contribution is -2.37. The Labute approximate surface area is 173 Å². The van der Waals surface area contributed by atoms with Crippen LogP contribution in [0.25, 0.3) is 0 Å². The molecule has 2 rings (SSSR count). The standard InChI is InChI=1S/C18H26N4O2S.HI/c1-3-12-20-18(19-4-2)21-15-16-10-6-7-11-17(16)25(23,24)22-13-8-5-9-14-22;/h1,6-7,10-11H,4-5,8-9,12-15H2,2H3,(H2,19,20,21);1H. The van der Waals surface area contributed by atoms with Crippen LogP contribution in [0.4, 0.5) is 0 Å². The van der Waals surface area contributed by atoms with Gasteiger partial charge in [-0.1, -0.05) is 30.5 Å². The number of aliphatic imine (C=N–C) groups is 1. The molecule has 0 radical (unpaired) electrons. The number of nitrogens with one attached hydrogen (secondary N) is 2. The largest absolute Gasteiger partial charge is 0.357 e. The molecule has 1 fully saturated rings. The number of benzene rings is 1. The average molecular weight is 490 g/mol. The molecule has 1 aromatic rings. The van der Waals surface area contributed by atoms with Crippen LogP contribution in [0.5, 0.6) is 0 Å². The van der Waals surface area contributed by atoms with E-state index in [1.54, 1.807) is 16.4 Å². The highest BCUT2D eigenvalue weighted by Gasteiger charge is 2.27. The zero-order chi connectivity index (χ0) is 18.1. The average Bonchev–Trinajstić information content (AvgIpc) is 2.65. The molecule has 0 amide bonds. The number of hydrogen-bond donors (Lipinski definition) is 2. The minimum Gasteiger partial charge on any atom is -0.357 e. The van der Waals surface area contributed by atoms with Crippen molar-refractivity contribution in [1.29, 1.82) is 0 Å². The summed E-state index contributed by atoms with van der Waals surface area (Å²) >= 11 is 0. The third kappa shape index (κ3) is 6.14. The number of halogens is 1. The summed E-state index contributed by atoms with van der Waals surface area (Å²) in [5.74, 6) is 3.07.